The Bertz CT molecular complexity index is 1080. The molecule has 0 amide bonds. The fourth-order valence-corrected chi connectivity index (χ4v) is 5.39. The molecule has 4 heteroatoms. The van der Waals surface area contributed by atoms with Crippen LogP contribution in [-0.2, 0) is 25.9 Å². The van der Waals surface area contributed by atoms with Crippen LogP contribution in [0.5, 0.6) is 0 Å². The third-order valence-corrected chi connectivity index (χ3v) is 7.17. The molecule has 3 aromatic rings. The van der Waals surface area contributed by atoms with Gasteiger partial charge in [-0.15, -0.1) is 0 Å². The number of hydrogen-bond acceptors (Lipinski definition) is 4. The second kappa shape index (κ2) is 11.6. The Kier molecular flexibility index (Phi) is 7.82. The molecule has 2 aromatic carbocycles. The van der Waals surface area contributed by atoms with Gasteiger partial charge < -0.3 is 10.6 Å². The first kappa shape index (κ1) is 23.0. The molecule has 5 rings (SSSR count). The predicted octanol–water partition coefficient (Wildman–Crippen LogP) is 4.82. The first-order valence-electron chi connectivity index (χ1n) is 12.7. The minimum absolute atomic E-state index is 0.394. The SMILES string of the molecule is C(=C\CN(C[C@H]1Cc2ccccc2CN1)[C@H]1CCCc2cccnc21)/CNCc1ccccc1. The second-order valence-corrected chi connectivity index (χ2v) is 9.55. The Morgan fingerprint density at radius 2 is 1.76 bits per heavy atom. The van der Waals surface area contributed by atoms with Crippen molar-refractivity contribution in [1.82, 2.24) is 20.5 Å². The zero-order chi connectivity index (χ0) is 23.0. The quantitative estimate of drug-likeness (QED) is 0.361. The summed E-state index contributed by atoms with van der Waals surface area (Å²) >= 11 is 0. The van der Waals surface area contributed by atoms with Crippen molar-refractivity contribution in [2.45, 2.75) is 50.9 Å². The number of aryl methyl sites for hydroxylation is 1. The molecule has 0 bridgehead atoms. The van der Waals surface area contributed by atoms with Gasteiger partial charge in [-0.3, -0.25) is 9.88 Å². The number of nitrogens with one attached hydrogen (secondary N) is 2. The smallest absolute Gasteiger partial charge is 0.0607 e. The third-order valence-electron chi connectivity index (χ3n) is 7.17. The van der Waals surface area contributed by atoms with Crippen molar-refractivity contribution in [2.75, 3.05) is 19.6 Å². The molecule has 2 heterocycles. The Morgan fingerprint density at radius 1 is 0.941 bits per heavy atom. The van der Waals surface area contributed by atoms with Gasteiger partial charge in [-0.05, 0) is 54.0 Å². The number of pyridine rings is 1. The summed E-state index contributed by atoms with van der Waals surface area (Å²) in [6.45, 7) is 4.75. The van der Waals surface area contributed by atoms with Crippen LogP contribution in [0.4, 0.5) is 0 Å². The standard InChI is InChI=1S/C30H36N4/c1-2-10-24(11-3-1)21-31-17-6-7-19-34(29-16-8-14-25-15-9-18-32-30(25)29)23-28-20-26-12-4-5-13-27(26)22-33-28/h1-7,9-13,15,18,28-29,31,33H,8,14,16-17,19-23H2/b7-6+/t28-,29+/m1/s1. The van der Waals surface area contributed by atoms with Gasteiger partial charge in [0.2, 0.25) is 0 Å². The van der Waals surface area contributed by atoms with E-state index < -0.39 is 0 Å². The lowest BCUT2D eigenvalue weighted by atomic mass is 9.89. The Labute approximate surface area is 204 Å². The number of fused-ring (bicyclic) bond motifs is 2. The van der Waals surface area contributed by atoms with E-state index in [1.54, 1.807) is 0 Å². The Balaban J connectivity index is 1.24. The fraction of sp³-hybridized carbons (Fsp3) is 0.367. The molecule has 2 N–H and O–H groups in total. The minimum atomic E-state index is 0.394. The van der Waals surface area contributed by atoms with Crippen molar-refractivity contribution in [2.24, 2.45) is 0 Å². The lowest BCUT2D eigenvalue weighted by molar-refractivity contribution is 0.170. The summed E-state index contributed by atoms with van der Waals surface area (Å²) in [5.74, 6) is 0. The van der Waals surface area contributed by atoms with Crippen molar-refractivity contribution in [3.8, 4) is 0 Å². The van der Waals surface area contributed by atoms with Gasteiger partial charge >= 0.3 is 0 Å². The molecule has 176 valence electrons. The first-order valence-corrected chi connectivity index (χ1v) is 12.7. The average molecular weight is 453 g/mol. The fourth-order valence-electron chi connectivity index (χ4n) is 5.39. The maximum absolute atomic E-state index is 4.84. The lowest BCUT2D eigenvalue weighted by Crippen LogP contribution is -2.46. The zero-order valence-corrected chi connectivity index (χ0v) is 20.0. The predicted molar refractivity (Wildman–Crippen MR) is 140 cm³/mol. The van der Waals surface area contributed by atoms with Crippen LogP contribution in [0.25, 0.3) is 0 Å². The molecule has 0 saturated carbocycles. The monoisotopic (exact) mass is 452 g/mol. The summed E-state index contributed by atoms with van der Waals surface area (Å²) in [5, 5.41) is 7.33. The van der Waals surface area contributed by atoms with Crippen LogP contribution in [-0.4, -0.2) is 35.6 Å². The van der Waals surface area contributed by atoms with Crippen molar-refractivity contribution >= 4 is 0 Å². The Hall–Kier alpha value is -2.79. The van der Waals surface area contributed by atoms with Gasteiger partial charge in [0.1, 0.15) is 0 Å². The van der Waals surface area contributed by atoms with Gasteiger partial charge in [0, 0.05) is 45.0 Å². The first-order chi connectivity index (χ1) is 16.9. The van der Waals surface area contributed by atoms with Crippen molar-refractivity contribution in [3.05, 3.63) is 113 Å². The minimum Gasteiger partial charge on any atom is -0.309 e. The van der Waals surface area contributed by atoms with E-state index in [-0.39, 0.29) is 0 Å². The van der Waals surface area contributed by atoms with E-state index in [1.165, 1.54) is 40.8 Å². The van der Waals surface area contributed by atoms with E-state index >= 15 is 0 Å². The van der Waals surface area contributed by atoms with Crippen molar-refractivity contribution < 1.29 is 0 Å². The molecule has 34 heavy (non-hydrogen) atoms. The molecule has 4 nitrogen and oxygen atoms in total. The van der Waals surface area contributed by atoms with Gasteiger partial charge in [-0.1, -0.05) is 72.8 Å². The van der Waals surface area contributed by atoms with E-state index in [2.05, 4.69) is 94.4 Å². The summed E-state index contributed by atoms with van der Waals surface area (Å²) < 4.78 is 0. The molecule has 0 spiro atoms. The van der Waals surface area contributed by atoms with E-state index in [9.17, 15) is 0 Å². The molecular weight excluding hydrogens is 416 g/mol. The summed E-state index contributed by atoms with van der Waals surface area (Å²) in [6.07, 6.45) is 11.3. The normalized spacial score (nSPS) is 19.8. The average Bonchev–Trinajstić information content (AvgIpc) is 2.90. The van der Waals surface area contributed by atoms with Crippen LogP contribution >= 0.6 is 0 Å². The van der Waals surface area contributed by atoms with Crippen LogP contribution in [0.15, 0.2) is 85.1 Å². The van der Waals surface area contributed by atoms with Gasteiger partial charge in [0.05, 0.1) is 11.7 Å². The van der Waals surface area contributed by atoms with Crippen molar-refractivity contribution in [1.29, 1.82) is 0 Å². The summed E-state index contributed by atoms with van der Waals surface area (Å²) in [4.78, 5) is 7.50. The summed E-state index contributed by atoms with van der Waals surface area (Å²) in [6, 6.07) is 24.7. The van der Waals surface area contributed by atoms with Crippen LogP contribution in [0.1, 0.15) is 46.8 Å². The molecule has 0 radical (unpaired) electrons. The number of nitrogens with zero attached hydrogens (tertiary/aromatic N) is 2. The molecular formula is C30H36N4. The molecule has 0 unspecified atom stereocenters. The van der Waals surface area contributed by atoms with Crippen molar-refractivity contribution in [3.63, 3.8) is 0 Å². The van der Waals surface area contributed by atoms with Crippen LogP contribution in [0.2, 0.25) is 0 Å². The topological polar surface area (TPSA) is 40.2 Å². The molecule has 1 aliphatic carbocycles. The molecule has 1 aliphatic heterocycles. The third kappa shape index (κ3) is 5.82. The maximum atomic E-state index is 4.84. The van der Waals surface area contributed by atoms with Crippen LogP contribution < -0.4 is 10.6 Å². The highest BCUT2D eigenvalue weighted by Crippen LogP contribution is 2.33. The van der Waals surface area contributed by atoms with E-state index in [4.69, 9.17) is 4.98 Å². The highest BCUT2D eigenvalue weighted by atomic mass is 15.2. The summed E-state index contributed by atoms with van der Waals surface area (Å²) in [7, 11) is 0. The van der Waals surface area contributed by atoms with Gasteiger partial charge in [-0.2, -0.15) is 0 Å². The largest absolute Gasteiger partial charge is 0.309 e. The number of hydrogen-bond donors (Lipinski definition) is 2. The van der Waals surface area contributed by atoms with Gasteiger partial charge in [0.15, 0.2) is 0 Å². The number of rotatable bonds is 9. The maximum Gasteiger partial charge on any atom is 0.0607 e. The molecule has 2 aliphatic rings. The van der Waals surface area contributed by atoms with E-state index in [1.807, 2.05) is 6.20 Å². The molecule has 0 fully saturated rings. The molecule has 0 saturated heterocycles. The molecule has 1 aromatic heterocycles. The van der Waals surface area contributed by atoms with E-state index in [0.717, 1.165) is 45.6 Å². The highest BCUT2D eigenvalue weighted by Gasteiger charge is 2.29. The lowest BCUT2D eigenvalue weighted by Gasteiger charge is -2.38. The number of benzene rings is 2. The Morgan fingerprint density at radius 3 is 2.68 bits per heavy atom. The zero-order valence-electron chi connectivity index (χ0n) is 20.0. The van der Waals surface area contributed by atoms with Gasteiger partial charge in [-0.25, -0.2) is 0 Å². The molecule has 2 atom stereocenters. The van der Waals surface area contributed by atoms with Gasteiger partial charge in [0.25, 0.3) is 0 Å². The summed E-state index contributed by atoms with van der Waals surface area (Å²) in [5.41, 5.74) is 6.99. The number of aromatic nitrogens is 1. The highest BCUT2D eigenvalue weighted by molar-refractivity contribution is 5.30. The second-order valence-electron chi connectivity index (χ2n) is 9.55. The van der Waals surface area contributed by atoms with Crippen LogP contribution in [0, 0.1) is 0 Å². The van der Waals surface area contributed by atoms with Crippen LogP contribution in [0.3, 0.4) is 0 Å². The van der Waals surface area contributed by atoms with E-state index in [0.29, 0.717) is 12.1 Å².